The number of esters is 1. The minimum Gasteiger partial charge on any atom is -0.465 e. The van der Waals surface area contributed by atoms with Gasteiger partial charge >= 0.3 is 18.0 Å². The quantitative estimate of drug-likeness (QED) is 0.337. The van der Waals surface area contributed by atoms with E-state index in [-0.39, 0.29) is 0 Å². The van der Waals surface area contributed by atoms with Crippen LogP contribution in [0.4, 0.5) is 4.79 Å². The Morgan fingerprint density at radius 3 is 2.20 bits per heavy atom. The molecule has 0 atom stereocenters. The molecule has 2 amide bonds. The molecule has 6 nitrogen and oxygen atoms in total. The summed E-state index contributed by atoms with van der Waals surface area (Å²) >= 11 is 0. The van der Waals surface area contributed by atoms with Gasteiger partial charge in [-0.2, -0.15) is 0 Å². The zero-order chi connectivity index (χ0) is 8.15. The smallest absolute Gasteiger partial charge is 0.411 e. The molecule has 0 fully saturated rings. The Hall–Kier alpha value is -1.59. The first-order valence-electron chi connectivity index (χ1n) is 2.20. The number of imide groups is 1. The summed E-state index contributed by atoms with van der Waals surface area (Å²) in [5, 5.41) is 9.19. The number of carbonyl (C=O) groups is 3. The van der Waals surface area contributed by atoms with E-state index in [1.165, 1.54) is 5.32 Å². The molecule has 0 aliphatic rings. The fourth-order valence-corrected chi connectivity index (χ4v) is 0.241. The molecule has 2 N–H and O–H groups in total. The van der Waals surface area contributed by atoms with Gasteiger partial charge in [0.25, 0.3) is 0 Å². The van der Waals surface area contributed by atoms with Gasteiger partial charge in [-0.25, -0.2) is 9.59 Å². The highest BCUT2D eigenvalue weighted by Gasteiger charge is 2.15. The molecule has 0 saturated heterocycles. The van der Waals surface area contributed by atoms with Crippen LogP contribution < -0.4 is 5.32 Å². The van der Waals surface area contributed by atoms with Gasteiger partial charge in [0.2, 0.25) is 0 Å². The SMILES string of the molecule is COC(=O)C(=O)NC(=O)O. The van der Waals surface area contributed by atoms with Crippen LogP contribution in [0.5, 0.6) is 0 Å². The zero-order valence-electron chi connectivity index (χ0n) is 5.08. The number of ether oxygens (including phenoxy) is 1. The first kappa shape index (κ1) is 8.41. The Bertz CT molecular complexity index is 174. The first-order valence-corrected chi connectivity index (χ1v) is 2.20. The summed E-state index contributed by atoms with van der Waals surface area (Å²) in [6.45, 7) is 0. The fourth-order valence-electron chi connectivity index (χ4n) is 0.241. The van der Waals surface area contributed by atoms with Crippen molar-refractivity contribution in [3.8, 4) is 0 Å². The van der Waals surface area contributed by atoms with Gasteiger partial charge in [0.1, 0.15) is 0 Å². The third kappa shape index (κ3) is 2.65. The maximum Gasteiger partial charge on any atom is 0.411 e. The van der Waals surface area contributed by atoms with Crippen molar-refractivity contribution in [3.05, 3.63) is 0 Å². The van der Waals surface area contributed by atoms with Gasteiger partial charge in [-0.1, -0.05) is 0 Å². The highest BCUT2D eigenvalue weighted by atomic mass is 16.5. The van der Waals surface area contributed by atoms with Gasteiger partial charge < -0.3 is 9.84 Å². The van der Waals surface area contributed by atoms with Gasteiger partial charge in [-0.3, -0.25) is 10.1 Å². The molecule has 0 heterocycles. The van der Waals surface area contributed by atoms with E-state index in [0.717, 1.165) is 7.11 Å². The number of hydrogen-bond acceptors (Lipinski definition) is 4. The van der Waals surface area contributed by atoms with E-state index >= 15 is 0 Å². The largest absolute Gasteiger partial charge is 0.465 e. The van der Waals surface area contributed by atoms with Crippen LogP contribution in [-0.2, 0) is 14.3 Å². The topological polar surface area (TPSA) is 92.7 Å². The Balaban J connectivity index is 3.86. The predicted octanol–water partition coefficient (Wildman–Crippen LogP) is -1.05. The van der Waals surface area contributed by atoms with E-state index in [4.69, 9.17) is 5.11 Å². The van der Waals surface area contributed by atoms with Crippen molar-refractivity contribution in [2.24, 2.45) is 0 Å². The van der Waals surface area contributed by atoms with Crippen LogP contribution in [0.1, 0.15) is 0 Å². The van der Waals surface area contributed by atoms with E-state index in [1.54, 1.807) is 0 Å². The number of carboxylic acid groups (broad SMARTS) is 1. The van der Waals surface area contributed by atoms with Crippen molar-refractivity contribution in [2.75, 3.05) is 7.11 Å². The Labute approximate surface area is 55.8 Å². The van der Waals surface area contributed by atoms with Crippen molar-refractivity contribution in [3.63, 3.8) is 0 Å². The van der Waals surface area contributed by atoms with E-state index < -0.39 is 18.0 Å². The number of carbonyl (C=O) groups excluding carboxylic acids is 2. The summed E-state index contributed by atoms with van der Waals surface area (Å²) in [6.07, 6.45) is -1.59. The lowest BCUT2D eigenvalue weighted by Gasteiger charge is -1.94. The van der Waals surface area contributed by atoms with Gasteiger partial charge in [0, 0.05) is 0 Å². The fraction of sp³-hybridized carbons (Fsp3) is 0.250. The lowest BCUT2D eigenvalue weighted by atomic mass is 10.6. The molecule has 0 saturated carbocycles. The average Bonchev–Trinajstić information content (AvgIpc) is 1.85. The minimum absolute atomic E-state index is 0.976. The Morgan fingerprint density at radius 2 is 1.90 bits per heavy atom. The van der Waals surface area contributed by atoms with Crippen LogP contribution in [0.15, 0.2) is 0 Å². The second kappa shape index (κ2) is 3.44. The summed E-state index contributed by atoms with van der Waals surface area (Å²) in [6, 6.07) is 0. The third-order valence-corrected chi connectivity index (χ3v) is 0.591. The molecule has 0 aliphatic carbocycles. The lowest BCUT2D eigenvalue weighted by Crippen LogP contribution is -2.35. The normalized spacial score (nSPS) is 8.10. The molecule has 6 heteroatoms. The second-order valence-electron chi connectivity index (χ2n) is 1.25. The molecule has 0 radical (unpaired) electrons. The summed E-state index contributed by atoms with van der Waals surface area (Å²) in [5.74, 6) is -2.53. The van der Waals surface area contributed by atoms with Gasteiger partial charge in [0.15, 0.2) is 0 Å². The summed E-state index contributed by atoms with van der Waals surface area (Å²) in [4.78, 5) is 30.1. The van der Waals surface area contributed by atoms with E-state index in [2.05, 4.69) is 4.74 Å². The van der Waals surface area contributed by atoms with Crippen LogP contribution in [0.3, 0.4) is 0 Å². The molecule has 0 spiro atoms. The number of nitrogens with one attached hydrogen (secondary N) is 1. The number of methoxy groups -OCH3 is 1. The highest BCUT2D eigenvalue weighted by Crippen LogP contribution is 1.72. The van der Waals surface area contributed by atoms with Crippen molar-refractivity contribution < 1.29 is 24.2 Å². The van der Waals surface area contributed by atoms with Crippen LogP contribution in [0.25, 0.3) is 0 Å². The van der Waals surface area contributed by atoms with Gasteiger partial charge in [-0.15, -0.1) is 0 Å². The molecule has 0 aromatic heterocycles. The lowest BCUT2D eigenvalue weighted by molar-refractivity contribution is -0.152. The number of hydrogen-bond donors (Lipinski definition) is 2. The van der Waals surface area contributed by atoms with Crippen LogP contribution in [-0.4, -0.2) is 30.2 Å². The van der Waals surface area contributed by atoms with Crippen molar-refractivity contribution in [1.29, 1.82) is 0 Å². The van der Waals surface area contributed by atoms with Crippen molar-refractivity contribution >= 4 is 18.0 Å². The van der Waals surface area contributed by atoms with E-state index in [1.807, 2.05) is 0 Å². The molecule has 0 rings (SSSR count). The Morgan fingerprint density at radius 1 is 1.40 bits per heavy atom. The zero-order valence-corrected chi connectivity index (χ0v) is 5.08. The number of rotatable bonds is 0. The molecule has 10 heavy (non-hydrogen) atoms. The summed E-state index contributed by atoms with van der Waals surface area (Å²) in [7, 11) is 0.976. The summed E-state index contributed by atoms with van der Waals surface area (Å²) < 4.78 is 3.90. The van der Waals surface area contributed by atoms with E-state index in [9.17, 15) is 14.4 Å². The highest BCUT2D eigenvalue weighted by molar-refractivity contribution is 6.34. The van der Waals surface area contributed by atoms with Crippen LogP contribution >= 0.6 is 0 Å². The van der Waals surface area contributed by atoms with Crippen molar-refractivity contribution in [1.82, 2.24) is 5.32 Å². The van der Waals surface area contributed by atoms with Gasteiger partial charge in [-0.05, 0) is 0 Å². The first-order chi connectivity index (χ1) is 4.57. The Kier molecular flexibility index (Phi) is 2.89. The molecule has 0 bridgehead atoms. The standard InChI is InChI=1S/C4H5NO5/c1-10-3(7)2(6)5-4(8)9/h1H3,(H,5,6)(H,8,9). The van der Waals surface area contributed by atoms with E-state index in [0.29, 0.717) is 0 Å². The van der Waals surface area contributed by atoms with Crippen molar-refractivity contribution in [2.45, 2.75) is 0 Å². The van der Waals surface area contributed by atoms with Crippen LogP contribution in [0, 0.1) is 0 Å². The van der Waals surface area contributed by atoms with Gasteiger partial charge in [0.05, 0.1) is 7.11 Å². The molecule has 0 aliphatic heterocycles. The number of amides is 2. The molecule has 0 aromatic carbocycles. The molecule has 0 unspecified atom stereocenters. The molecule has 0 aromatic rings. The maximum atomic E-state index is 10.2. The maximum absolute atomic E-state index is 10.2. The monoisotopic (exact) mass is 147 g/mol. The molecular weight excluding hydrogens is 142 g/mol. The minimum atomic E-state index is -1.59. The molecular formula is C4H5NO5. The van der Waals surface area contributed by atoms with Crippen LogP contribution in [0.2, 0.25) is 0 Å². The third-order valence-electron chi connectivity index (χ3n) is 0.591. The molecule has 56 valence electrons. The summed E-state index contributed by atoms with van der Waals surface area (Å²) in [5.41, 5.74) is 0. The average molecular weight is 147 g/mol. The predicted molar refractivity (Wildman–Crippen MR) is 28.2 cm³/mol. The second-order valence-corrected chi connectivity index (χ2v) is 1.25.